The molecule has 3 aromatic rings. The predicted molar refractivity (Wildman–Crippen MR) is 101 cm³/mol. The van der Waals surface area contributed by atoms with Crippen LogP contribution in [0.5, 0.6) is 0 Å². The highest BCUT2D eigenvalue weighted by atomic mass is 32.2. The number of rotatable bonds is 3. The molecule has 0 aliphatic carbocycles. The molecule has 0 bridgehead atoms. The molecule has 0 N–H and O–H groups in total. The predicted octanol–water partition coefficient (Wildman–Crippen LogP) is 2.35. The van der Waals surface area contributed by atoms with E-state index in [1.807, 2.05) is 24.1 Å². The number of nitrogens with zero attached hydrogens (tertiary/aromatic N) is 4. The maximum absolute atomic E-state index is 13.3. The fourth-order valence-corrected chi connectivity index (χ4v) is 4.46. The summed E-state index contributed by atoms with van der Waals surface area (Å²) in [5, 5.41) is -0.0858. The van der Waals surface area contributed by atoms with E-state index in [1.165, 1.54) is 12.1 Å². The van der Waals surface area contributed by atoms with Crippen LogP contribution in [0.1, 0.15) is 0 Å². The second-order valence-electron chi connectivity index (χ2n) is 6.59. The lowest BCUT2D eigenvalue weighted by Gasteiger charge is -2.33. The van der Waals surface area contributed by atoms with Crippen molar-refractivity contribution in [2.75, 3.05) is 38.1 Å². The number of likely N-dealkylation sites (N-methyl/N-ethyl adjacent to an activating group) is 1. The molecular formula is C19H19FN4O2S. The number of sulfone groups is 1. The SMILES string of the molecule is CN1CCN(c2nc3ccccc3nc2S(=O)(=O)c2ccc(F)cc2)CC1. The highest BCUT2D eigenvalue weighted by Crippen LogP contribution is 2.30. The van der Waals surface area contributed by atoms with E-state index < -0.39 is 15.7 Å². The quantitative estimate of drug-likeness (QED) is 0.644. The van der Waals surface area contributed by atoms with Crippen molar-refractivity contribution in [2.45, 2.75) is 9.92 Å². The van der Waals surface area contributed by atoms with Gasteiger partial charge in [-0.3, -0.25) is 0 Å². The van der Waals surface area contributed by atoms with Crippen LogP contribution in [0.3, 0.4) is 0 Å². The molecule has 0 saturated carbocycles. The van der Waals surface area contributed by atoms with Gasteiger partial charge in [-0.2, -0.15) is 0 Å². The van der Waals surface area contributed by atoms with Gasteiger partial charge in [0.2, 0.25) is 14.9 Å². The van der Waals surface area contributed by atoms with Crippen molar-refractivity contribution in [3.63, 3.8) is 0 Å². The Morgan fingerprint density at radius 1 is 0.889 bits per heavy atom. The summed E-state index contributed by atoms with van der Waals surface area (Å²) < 4.78 is 39.8. The van der Waals surface area contributed by atoms with Gasteiger partial charge in [0, 0.05) is 26.2 Å². The summed E-state index contributed by atoms with van der Waals surface area (Å²) in [5.41, 5.74) is 1.15. The lowest BCUT2D eigenvalue weighted by molar-refractivity contribution is 0.311. The minimum absolute atomic E-state index is 0.00357. The van der Waals surface area contributed by atoms with Crippen LogP contribution < -0.4 is 4.90 Å². The van der Waals surface area contributed by atoms with Crippen molar-refractivity contribution < 1.29 is 12.8 Å². The first-order chi connectivity index (χ1) is 12.9. The number of fused-ring (bicyclic) bond motifs is 1. The van der Waals surface area contributed by atoms with Gasteiger partial charge in [-0.05, 0) is 43.4 Å². The van der Waals surface area contributed by atoms with Crippen LogP contribution in [0.25, 0.3) is 11.0 Å². The van der Waals surface area contributed by atoms with Crippen molar-refractivity contribution >= 4 is 26.7 Å². The van der Waals surface area contributed by atoms with E-state index in [0.717, 1.165) is 25.2 Å². The lowest BCUT2D eigenvalue weighted by Crippen LogP contribution is -2.45. The van der Waals surface area contributed by atoms with Crippen LogP contribution in [0.15, 0.2) is 58.5 Å². The molecule has 0 atom stereocenters. The van der Waals surface area contributed by atoms with Gasteiger partial charge < -0.3 is 9.80 Å². The Morgan fingerprint density at radius 2 is 1.48 bits per heavy atom. The zero-order valence-electron chi connectivity index (χ0n) is 14.8. The first kappa shape index (κ1) is 17.8. The van der Waals surface area contributed by atoms with Crippen molar-refractivity contribution in [1.82, 2.24) is 14.9 Å². The number of para-hydroxylation sites is 2. The van der Waals surface area contributed by atoms with Gasteiger partial charge in [-0.25, -0.2) is 22.8 Å². The van der Waals surface area contributed by atoms with Gasteiger partial charge >= 0.3 is 0 Å². The second-order valence-corrected chi connectivity index (χ2v) is 8.45. The Kier molecular flexibility index (Phi) is 4.53. The third kappa shape index (κ3) is 3.38. The number of halogens is 1. The van der Waals surface area contributed by atoms with Gasteiger partial charge in [-0.15, -0.1) is 0 Å². The first-order valence-electron chi connectivity index (χ1n) is 8.66. The van der Waals surface area contributed by atoms with E-state index in [2.05, 4.69) is 14.9 Å². The maximum atomic E-state index is 13.3. The minimum atomic E-state index is -3.94. The Bertz CT molecular complexity index is 1080. The third-order valence-electron chi connectivity index (χ3n) is 4.70. The second kappa shape index (κ2) is 6.86. The van der Waals surface area contributed by atoms with Crippen LogP contribution in [0, 0.1) is 5.82 Å². The summed E-state index contributed by atoms with van der Waals surface area (Å²) >= 11 is 0. The lowest BCUT2D eigenvalue weighted by atomic mass is 10.3. The monoisotopic (exact) mass is 386 g/mol. The molecule has 4 rings (SSSR count). The topological polar surface area (TPSA) is 66.4 Å². The fraction of sp³-hybridized carbons (Fsp3) is 0.263. The summed E-state index contributed by atoms with van der Waals surface area (Å²) in [6, 6.07) is 12.0. The number of aromatic nitrogens is 2. The zero-order chi connectivity index (χ0) is 19.0. The molecule has 1 saturated heterocycles. The Labute approximate surface area is 157 Å². The van der Waals surface area contributed by atoms with Crippen molar-refractivity contribution in [3.05, 3.63) is 54.3 Å². The highest BCUT2D eigenvalue weighted by Gasteiger charge is 2.29. The molecule has 2 aromatic carbocycles. The summed E-state index contributed by atoms with van der Waals surface area (Å²) in [4.78, 5) is 13.2. The van der Waals surface area contributed by atoms with E-state index in [0.29, 0.717) is 29.9 Å². The maximum Gasteiger partial charge on any atom is 0.227 e. The molecule has 6 nitrogen and oxygen atoms in total. The molecule has 8 heteroatoms. The molecule has 0 unspecified atom stereocenters. The number of benzene rings is 2. The molecule has 0 amide bonds. The van der Waals surface area contributed by atoms with Crippen molar-refractivity contribution in [3.8, 4) is 0 Å². The number of anilines is 1. The van der Waals surface area contributed by atoms with E-state index >= 15 is 0 Å². The third-order valence-corrected chi connectivity index (χ3v) is 6.38. The zero-order valence-corrected chi connectivity index (χ0v) is 15.7. The Hall–Kier alpha value is -2.58. The van der Waals surface area contributed by atoms with Gasteiger partial charge in [0.05, 0.1) is 15.9 Å². The van der Waals surface area contributed by atoms with Gasteiger partial charge in [-0.1, -0.05) is 12.1 Å². The summed E-state index contributed by atoms with van der Waals surface area (Å²) in [5.74, 6) is -0.135. The van der Waals surface area contributed by atoms with Crippen LogP contribution in [0.2, 0.25) is 0 Å². The average Bonchev–Trinajstić information content (AvgIpc) is 2.68. The number of hydrogen-bond donors (Lipinski definition) is 0. The molecule has 2 heterocycles. The van der Waals surface area contributed by atoms with Crippen LogP contribution in [-0.2, 0) is 9.84 Å². The fourth-order valence-electron chi connectivity index (χ4n) is 3.10. The van der Waals surface area contributed by atoms with Gasteiger partial charge in [0.25, 0.3) is 0 Å². The first-order valence-corrected chi connectivity index (χ1v) is 10.1. The van der Waals surface area contributed by atoms with Crippen LogP contribution >= 0.6 is 0 Å². The number of piperazine rings is 1. The number of hydrogen-bond acceptors (Lipinski definition) is 6. The van der Waals surface area contributed by atoms with Crippen molar-refractivity contribution in [1.29, 1.82) is 0 Å². The van der Waals surface area contributed by atoms with Crippen molar-refractivity contribution in [2.24, 2.45) is 0 Å². The average molecular weight is 386 g/mol. The van der Waals surface area contributed by atoms with E-state index in [4.69, 9.17) is 0 Å². The smallest absolute Gasteiger partial charge is 0.227 e. The molecular weight excluding hydrogens is 367 g/mol. The Balaban J connectivity index is 1.89. The van der Waals surface area contributed by atoms with Gasteiger partial charge in [0.1, 0.15) is 5.82 Å². The highest BCUT2D eigenvalue weighted by molar-refractivity contribution is 7.91. The minimum Gasteiger partial charge on any atom is -0.352 e. The molecule has 1 aliphatic heterocycles. The Morgan fingerprint density at radius 3 is 2.11 bits per heavy atom. The van der Waals surface area contributed by atoms with Crippen LogP contribution in [-0.4, -0.2) is 56.5 Å². The van der Waals surface area contributed by atoms with E-state index in [9.17, 15) is 12.8 Å². The summed E-state index contributed by atoms with van der Waals surface area (Å²) in [6.45, 7) is 2.94. The normalized spacial score (nSPS) is 16.0. The van der Waals surface area contributed by atoms with Gasteiger partial charge in [0.15, 0.2) is 5.82 Å². The van der Waals surface area contributed by atoms with E-state index in [1.54, 1.807) is 12.1 Å². The molecule has 1 fully saturated rings. The summed E-state index contributed by atoms with van der Waals surface area (Å²) in [6.07, 6.45) is 0. The molecule has 1 aromatic heterocycles. The van der Waals surface area contributed by atoms with E-state index in [-0.39, 0.29) is 9.92 Å². The molecule has 140 valence electrons. The largest absolute Gasteiger partial charge is 0.352 e. The van der Waals surface area contributed by atoms with Crippen LogP contribution in [0.4, 0.5) is 10.2 Å². The molecule has 0 radical (unpaired) electrons. The molecule has 27 heavy (non-hydrogen) atoms. The summed E-state index contributed by atoms with van der Waals surface area (Å²) in [7, 11) is -1.91. The molecule has 0 spiro atoms. The molecule has 1 aliphatic rings. The standard InChI is InChI=1S/C19H19FN4O2S/c1-23-10-12-24(13-11-23)18-19(22-17-5-3-2-4-16(17)21-18)27(25,26)15-8-6-14(20)7-9-15/h2-9H,10-13H2,1H3.